The smallest absolute Gasteiger partial charge is 0.338 e. The number of anilines is 1. The van der Waals surface area contributed by atoms with Gasteiger partial charge in [0.05, 0.1) is 28.6 Å². The van der Waals surface area contributed by atoms with Gasteiger partial charge in [-0.3, -0.25) is 9.36 Å². The minimum atomic E-state index is -0.484. The highest BCUT2D eigenvalue weighted by molar-refractivity contribution is 7.99. The van der Waals surface area contributed by atoms with E-state index in [1.54, 1.807) is 25.1 Å². The Hall–Kier alpha value is -3.30. The molecule has 8 nitrogen and oxygen atoms in total. The number of para-hydroxylation sites is 1. The number of hydrogen-bond acceptors (Lipinski definition) is 7. The number of benzene rings is 2. The molecule has 0 aliphatic heterocycles. The lowest BCUT2D eigenvalue weighted by Crippen LogP contribution is -2.16. The first-order valence-electron chi connectivity index (χ1n) is 10.9. The second-order valence-electron chi connectivity index (χ2n) is 7.56. The summed E-state index contributed by atoms with van der Waals surface area (Å²) in [4.78, 5) is 24.6. The molecule has 1 amide bonds. The van der Waals surface area contributed by atoms with Gasteiger partial charge in [-0.1, -0.05) is 47.6 Å². The number of halogens is 1. The second-order valence-corrected chi connectivity index (χ2v) is 8.91. The number of carbonyl (C=O) groups is 2. The van der Waals surface area contributed by atoms with Gasteiger partial charge in [0.15, 0.2) is 11.0 Å². The van der Waals surface area contributed by atoms with Crippen molar-refractivity contribution in [2.75, 3.05) is 17.7 Å². The molecule has 35 heavy (non-hydrogen) atoms. The third kappa shape index (κ3) is 6.86. The number of amides is 1. The highest BCUT2D eigenvalue weighted by atomic mass is 35.5. The molecule has 0 spiro atoms. The van der Waals surface area contributed by atoms with Crippen molar-refractivity contribution in [1.82, 2.24) is 14.8 Å². The van der Waals surface area contributed by atoms with Crippen LogP contribution in [0.2, 0.25) is 5.02 Å². The number of aryl methyl sites for hydroxylation is 2. The molecular weight excluding hydrogens is 488 g/mol. The van der Waals surface area contributed by atoms with Crippen molar-refractivity contribution in [2.45, 2.75) is 39.1 Å². The maximum Gasteiger partial charge on any atom is 0.338 e. The first-order chi connectivity index (χ1) is 16.8. The number of esters is 1. The van der Waals surface area contributed by atoms with Crippen molar-refractivity contribution in [3.05, 3.63) is 76.6 Å². The maximum atomic E-state index is 12.6. The van der Waals surface area contributed by atoms with Gasteiger partial charge in [0.25, 0.3) is 0 Å². The Bertz CT molecular complexity index is 1210. The number of nitrogens with one attached hydrogen (secondary N) is 1. The topological polar surface area (TPSA) is 95.3 Å². The fourth-order valence-electron chi connectivity index (χ4n) is 3.29. The minimum Gasteiger partial charge on any atom is -0.485 e. The number of aromatic nitrogens is 3. The van der Waals surface area contributed by atoms with Crippen LogP contribution in [0.5, 0.6) is 5.75 Å². The van der Waals surface area contributed by atoms with Gasteiger partial charge < -0.3 is 14.8 Å². The molecule has 3 aromatic rings. The minimum absolute atomic E-state index is 0.0625. The van der Waals surface area contributed by atoms with Crippen LogP contribution >= 0.6 is 23.4 Å². The van der Waals surface area contributed by atoms with Gasteiger partial charge in [0.2, 0.25) is 5.91 Å². The van der Waals surface area contributed by atoms with Gasteiger partial charge in [-0.05, 0) is 50.1 Å². The molecule has 0 bridgehead atoms. The van der Waals surface area contributed by atoms with Crippen LogP contribution in [0, 0.1) is 13.8 Å². The Morgan fingerprint density at radius 3 is 2.63 bits per heavy atom. The van der Waals surface area contributed by atoms with E-state index >= 15 is 0 Å². The first-order valence-corrected chi connectivity index (χ1v) is 12.3. The quantitative estimate of drug-likeness (QED) is 0.213. The molecule has 0 unspecified atom stereocenters. The Morgan fingerprint density at radius 1 is 1.20 bits per heavy atom. The number of carbonyl (C=O) groups excluding carboxylic acids is 2. The summed E-state index contributed by atoms with van der Waals surface area (Å²) >= 11 is 7.42. The lowest BCUT2D eigenvalue weighted by Gasteiger charge is -2.13. The normalized spacial score (nSPS) is 10.6. The van der Waals surface area contributed by atoms with E-state index in [0.29, 0.717) is 33.8 Å². The first kappa shape index (κ1) is 26.3. The zero-order valence-electron chi connectivity index (χ0n) is 19.8. The van der Waals surface area contributed by atoms with Crippen molar-refractivity contribution < 1.29 is 19.1 Å². The van der Waals surface area contributed by atoms with E-state index in [1.165, 1.54) is 17.8 Å². The highest BCUT2D eigenvalue weighted by Crippen LogP contribution is 2.26. The molecule has 0 aliphatic rings. The van der Waals surface area contributed by atoms with Gasteiger partial charge in [-0.25, -0.2) is 4.79 Å². The third-order valence-corrected chi connectivity index (χ3v) is 6.24. The third-order valence-electron chi connectivity index (χ3n) is 4.94. The predicted molar refractivity (Wildman–Crippen MR) is 137 cm³/mol. The molecule has 184 valence electrons. The highest BCUT2D eigenvalue weighted by Gasteiger charge is 2.16. The van der Waals surface area contributed by atoms with E-state index in [9.17, 15) is 9.59 Å². The Balaban J connectivity index is 1.66. The van der Waals surface area contributed by atoms with E-state index in [1.807, 2.05) is 36.6 Å². The number of rotatable bonds is 11. The summed E-state index contributed by atoms with van der Waals surface area (Å²) in [7, 11) is 0. The van der Waals surface area contributed by atoms with Gasteiger partial charge in [-0.2, -0.15) is 0 Å². The molecule has 0 saturated heterocycles. The summed E-state index contributed by atoms with van der Waals surface area (Å²) in [6, 6.07) is 10.5. The van der Waals surface area contributed by atoms with E-state index in [-0.39, 0.29) is 24.9 Å². The van der Waals surface area contributed by atoms with Gasteiger partial charge in [0, 0.05) is 6.54 Å². The standard InChI is InChI=1S/C25H27ClN4O4S/c1-5-12-30-21(14-34-23-16(3)8-7-9-17(23)4)28-29-25(30)35-15-22(31)27-20-13-18(10-11-19(20)26)24(32)33-6-2/h5,7-11,13H,1,6,12,14-15H2,2-4H3,(H,27,31). The van der Waals surface area contributed by atoms with Crippen LogP contribution in [0.25, 0.3) is 0 Å². The van der Waals surface area contributed by atoms with E-state index < -0.39 is 5.97 Å². The summed E-state index contributed by atoms with van der Waals surface area (Å²) in [6.45, 7) is 10.5. The largest absolute Gasteiger partial charge is 0.485 e. The number of nitrogens with zero attached hydrogens (tertiary/aromatic N) is 3. The van der Waals surface area contributed by atoms with Crippen LogP contribution in [-0.2, 0) is 22.7 Å². The van der Waals surface area contributed by atoms with Crippen LogP contribution in [0.15, 0.2) is 54.2 Å². The van der Waals surface area contributed by atoms with Crippen molar-refractivity contribution in [1.29, 1.82) is 0 Å². The summed E-state index contributed by atoms with van der Waals surface area (Å²) in [6.07, 6.45) is 1.73. The van der Waals surface area contributed by atoms with Crippen molar-refractivity contribution in [2.24, 2.45) is 0 Å². The summed E-state index contributed by atoms with van der Waals surface area (Å²) in [5.41, 5.74) is 2.71. The van der Waals surface area contributed by atoms with Gasteiger partial charge in [-0.15, -0.1) is 16.8 Å². The van der Waals surface area contributed by atoms with Crippen LogP contribution in [0.1, 0.15) is 34.2 Å². The molecule has 2 aromatic carbocycles. The van der Waals surface area contributed by atoms with E-state index in [2.05, 4.69) is 22.1 Å². The monoisotopic (exact) mass is 514 g/mol. The molecular formula is C25H27ClN4O4S. The van der Waals surface area contributed by atoms with Gasteiger partial charge in [0.1, 0.15) is 12.4 Å². The molecule has 10 heteroatoms. The lowest BCUT2D eigenvalue weighted by atomic mass is 10.1. The van der Waals surface area contributed by atoms with Crippen LogP contribution in [-0.4, -0.2) is 39.0 Å². The Kier molecular flexibility index (Phi) is 9.33. The summed E-state index contributed by atoms with van der Waals surface area (Å²) in [5.74, 6) is 0.714. The Morgan fingerprint density at radius 2 is 1.94 bits per heavy atom. The average molecular weight is 515 g/mol. The molecule has 0 aliphatic carbocycles. The molecule has 1 aromatic heterocycles. The molecule has 0 radical (unpaired) electrons. The van der Waals surface area contributed by atoms with E-state index in [0.717, 1.165) is 16.9 Å². The molecule has 0 saturated carbocycles. The average Bonchev–Trinajstić information content (AvgIpc) is 3.20. The van der Waals surface area contributed by atoms with Crippen molar-refractivity contribution in [3.8, 4) is 5.75 Å². The predicted octanol–water partition coefficient (Wildman–Crippen LogP) is 5.22. The fourth-order valence-corrected chi connectivity index (χ4v) is 4.22. The van der Waals surface area contributed by atoms with Crippen molar-refractivity contribution in [3.63, 3.8) is 0 Å². The molecule has 0 atom stereocenters. The SMILES string of the molecule is C=CCn1c(COc2c(C)cccc2C)nnc1SCC(=O)Nc1cc(C(=O)OCC)ccc1Cl. The second kappa shape index (κ2) is 12.4. The summed E-state index contributed by atoms with van der Waals surface area (Å²) in [5, 5.41) is 12.1. The number of allylic oxidation sites excluding steroid dienone is 1. The van der Waals surface area contributed by atoms with Crippen molar-refractivity contribution >= 4 is 40.9 Å². The fraction of sp³-hybridized carbons (Fsp3) is 0.280. The number of thioether (sulfide) groups is 1. The summed E-state index contributed by atoms with van der Waals surface area (Å²) < 4.78 is 12.9. The van der Waals surface area contributed by atoms with Crippen LogP contribution in [0.3, 0.4) is 0 Å². The van der Waals surface area contributed by atoms with Gasteiger partial charge >= 0.3 is 5.97 Å². The van der Waals surface area contributed by atoms with Crippen LogP contribution < -0.4 is 10.1 Å². The lowest BCUT2D eigenvalue weighted by molar-refractivity contribution is -0.113. The molecule has 1 N–H and O–H groups in total. The van der Waals surface area contributed by atoms with Crippen LogP contribution in [0.4, 0.5) is 5.69 Å². The van der Waals surface area contributed by atoms with E-state index in [4.69, 9.17) is 21.1 Å². The molecule has 1 heterocycles. The molecule has 3 rings (SSSR count). The molecule has 0 fully saturated rings. The number of hydrogen-bond donors (Lipinski definition) is 1. The number of ether oxygens (including phenoxy) is 2. The Labute approximate surface area is 213 Å². The maximum absolute atomic E-state index is 12.6. The zero-order valence-corrected chi connectivity index (χ0v) is 21.4. The zero-order chi connectivity index (χ0) is 25.4.